The Morgan fingerprint density at radius 3 is 2.62 bits per heavy atom. The summed E-state index contributed by atoms with van der Waals surface area (Å²) in [4.78, 5) is 12.4. The Labute approximate surface area is 148 Å². The third-order valence-electron chi connectivity index (χ3n) is 5.36. The van der Waals surface area contributed by atoms with Gasteiger partial charge >= 0.3 is 0 Å². The van der Waals surface area contributed by atoms with E-state index in [-0.39, 0.29) is 24.4 Å². The molecule has 24 heavy (non-hydrogen) atoms. The van der Waals surface area contributed by atoms with Crippen molar-refractivity contribution < 1.29 is 9.21 Å². The van der Waals surface area contributed by atoms with Crippen LogP contribution >= 0.6 is 12.4 Å². The van der Waals surface area contributed by atoms with Gasteiger partial charge in [-0.1, -0.05) is 0 Å². The summed E-state index contributed by atoms with van der Waals surface area (Å²) in [5.41, 5.74) is 10.7. The van der Waals surface area contributed by atoms with E-state index >= 15 is 0 Å². The number of hydrogen-bond donors (Lipinski definition) is 2. The second kappa shape index (κ2) is 7.16. The second-order valence-corrected chi connectivity index (χ2v) is 7.09. The Morgan fingerprint density at radius 2 is 1.88 bits per heavy atom. The number of nitrogens with one attached hydrogen (secondary N) is 1. The van der Waals surface area contributed by atoms with Gasteiger partial charge < -0.3 is 15.5 Å². The lowest BCUT2D eigenvalue weighted by Gasteiger charge is -2.26. The van der Waals surface area contributed by atoms with Crippen molar-refractivity contribution in [3.63, 3.8) is 0 Å². The van der Waals surface area contributed by atoms with E-state index in [4.69, 9.17) is 10.2 Å². The fourth-order valence-corrected chi connectivity index (χ4v) is 4.00. The predicted molar refractivity (Wildman–Crippen MR) is 97.6 cm³/mol. The van der Waals surface area contributed by atoms with Crippen LogP contribution in [-0.4, -0.2) is 18.0 Å². The summed E-state index contributed by atoms with van der Waals surface area (Å²) in [6, 6.07) is 4.97. The van der Waals surface area contributed by atoms with Crippen molar-refractivity contribution in [2.75, 3.05) is 0 Å². The molecular formula is C19H25ClN2O2. The number of rotatable bonds is 3. The lowest BCUT2D eigenvalue weighted by molar-refractivity contribution is -0.121. The van der Waals surface area contributed by atoms with Gasteiger partial charge in [-0.25, -0.2) is 0 Å². The first-order chi connectivity index (χ1) is 11.2. The Hall–Kier alpha value is -1.52. The standard InChI is InChI=1S/C19H24N2O2.ClH/c20-15-4-6-16(7-5-15)21-19(22)10-14-11-23-18-9-13-3-1-2-12(13)8-17(14)18;/h8-9,11,15-16H,1-7,10,20H2,(H,21,22);1H. The van der Waals surface area contributed by atoms with Gasteiger partial charge in [0.1, 0.15) is 5.58 Å². The number of aryl methyl sites for hydroxylation is 2. The maximum absolute atomic E-state index is 12.4. The molecule has 2 aromatic rings. The van der Waals surface area contributed by atoms with Crippen LogP contribution < -0.4 is 11.1 Å². The topological polar surface area (TPSA) is 68.3 Å². The largest absolute Gasteiger partial charge is 0.464 e. The summed E-state index contributed by atoms with van der Waals surface area (Å²) in [6.45, 7) is 0. The number of hydrogen-bond acceptors (Lipinski definition) is 3. The first-order valence-corrected chi connectivity index (χ1v) is 8.76. The molecule has 0 saturated heterocycles. The molecular weight excluding hydrogens is 324 g/mol. The van der Waals surface area contributed by atoms with Crippen LogP contribution in [0.5, 0.6) is 0 Å². The smallest absolute Gasteiger partial charge is 0.224 e. The van der Waals surface area contributed by atoms with E-state index in [1.807, 2.05) is 0 Å². The SMILES string of the molecule is Cl.NC1CCC(NC(=O)Cc2coc3cc4c(cc23)CCC4)CC1. The summed E-state index contributed by atoms with van der Waals surface area (Å²) in [7, 11) is 0. The average Bonchev–Trinajstić information content (AvgIpc) is 3.14. The molecule has 1 fully saturated rings. The molecule has 2 aliphatic rings. The zero-order valence-corrected chi connectivity index (χ0v) is 14.7. The normalized spacial score (nSPS) is 22.9. The molecule has 1 saturated carbocycles. The average molecular weight is 349 g/mol. The van der Waals surface area contributed by atoms with Crippen LogP contribution in [0, 0.1) is 0 Å². The molecule has 0 unspecified atom stereocenters. The van der Waals surface area contributed by atoms with Crippen molar-refractivity contribution in [2.45, 2.75) is 63.5 Å². The molecule has 0 bridgehead atoms. The summed E-state index contributed by atoms with van der Waals surface area (Å²) in [5, 5.41) is 4.26. The van der Waals surface area contributed by atoms with Crippen molar-refractivity contribution >= 4 is 29.3 Å². The first-order valence-electron chi connectivity index (χ1n) is 8.76. The minimum Gasteiger partial charge on any atom is -0.464 e. The van der Waals surface area contributed by atoms with Crippen LogP contribution in [0.1, 0.15) is 48.8 Å². The Bertz CT molecular complexity index is 732. The highest BCUT2D eigenvalue weighted by molar-refractivity contribution is 5.88. The van der Waals surface area contributed by atoms with E-state index in [1.54, 1.807) is 6.26 Å². The number of halogens is 1. The third kappa shape index (κ3) is 3.45. The number of nitrogens with two attached hydrogens (primary N) is 1. The van der Waals surface area contributed by atoms with Crippen molar-refractivity contribution in [1.82, 2.24) is 5.32 Å². The maximum atomic E-state index is 12.4. The fraction of sp³-hybridized carbons (Fsp3) is 0.526. The van der Waals surface area contributed by atoms with Crippen LogP contribution in [0.25, 0.3) is 11.0 Å². The van der Waals surface area contributed by atoms with Crippen LogP contribution in [0.15, 0.2) is 22.8 Å². The third-order valence-corrected chi connectivity index (χ3v) is 5.36. The summed E-state index contributed by atoms with van der Waals surface area (Å²) in [6.07, 6.45) is 9.65. The van der Waals surface area contributed by atoms with Gasteiger partial charge in [-0.3, -0.25) is 4.79 Å². The van der Waals surface area contributed by atoms with Gasteiger partial charge in [0.05, 0.1) is 12.7 Å². The molecule has 0 radical (unpaired) electrons. The molecule has 0 spiro atoms. The highest BCUT2D eigenvalue weighted by Gasteiger charge is 2.21. The van der Waals surface area contributed by atoms with E-state index in [1.165, 1.54) is 17.5 Å². The van der Waals surface area contributed by atoms with E-state index in [9.17, 15) is 4.79 Å². The first kappa shape index (κ1) is 17.3. The molecule has 1 heterocycles. The monoisotopic (exact) mass is 348 g/mol. The van der Waals surface area contributed by atoms with Gasteiger partial charge in [-0.2, -0.15) is 0 Å². The molecule has 4 rings (SSSR count). The summed E-state index contributed by atoms with van der Waals surface area (Å²) in [5.74, 6) is 0.0914. The second-order valence-electron chi connectivity index (χ2n) is 7.09. The summed E-state index contributed by atoms with van der Waals surface area (Å²) < 4.78 is 5.68. The van der Waals surface area contributed by atoms with Crippen LogP contribution in [0.3, 0.4) is 0 Å². The van der Waals surface area contributed by atoms with Gasteiger partial charge in [-0.15, -0.1) is 12.4 Å². The fourth-order valence-electron chi connectivity index (χ4n) is 4.00. The summed E-state index contributed by atoms with van der Waals surface area (Å²) >= 11 is 0. The van der Waals surface area contributed by atoms with Gasteiger partial charge in [0.15, 0.2) is 0 Å². The van der Waals surface area contributed by atoms with Crippen molar-refractivity contribution in [1.29, 1.82) is 0 Å². The minimum atomic E-state index is 0. The highest BCUT2D eigenvalue weighted by Crippen LogP contribution is 2.30. The molecule has 1 aromatic heterocycles. The van der Waals surface area contributed by atoms with E-state index in [0.29, 0.717) is 12.5 Å². The Morgan fingerprint density at radius 1 is 1.17 bits per heavy atom. The molecule has 5 heteroatoms. The lowest BCUT2D eigenvalue weighted by atomic mass is 9.91. The van der Waals surface area contributed by atoms with Gasteiger partial charge in [-0.05, 0) is 68.2 Å². The van der Waals surface area contributed by atoms with Gasteiger partial charge in [0, 0.05) is 23.0 Å². The molecule has 4 nitrogen and oxygen atoms in total. The number of carbonyl (C=O) groups is 1. The molecule has 1 aromatic carbocycles. The molecule has 2 aliphatic carbocycles. The maximum Gasteiger partial charge on any atom is 0.224 e. The number of benzene rings is 1. The van der Waals surface area contributed by atoms with E-state index in [0.717, 1.165) is 55.1 Å². The lowest BCUT2D eigenvalue weighted by Crippen LogP contribution is -2.41. The van der Waals surface area contributed by atoms with Crippen molar-refractivity contribution in [3.8, 4) is 0 Å². The molecule has 1 amide bonds. The van der Waals surface area contributed by atoms with Crippen LogP contribution in [-0.2, 0) is 24.1 Å². The Balaban J connectivity index is 0.00000169. The molecule has 130 valence electrons. The number of fused-ring (bicyclic) bond motifs is 2. The number of amides is 1. The molecule has 3 N–H and O–H groups in total. The van der Waals surface area contributed by atoms with Gasteiger partial charge in [0.2, 0.25) is 5.91 Å². The predicted octanol–water partition coefficient (Wildman–Crippen LogP) is 3.27. The van der Waals surface area contributed by atoms with E-state index < -0.39 is 0 Å². The zero-order chi connectivity index (χ0) is 15.8. The molecule has 0 atom stereocenters. The van der Waals surface area contributed by atoms with E-state index in [2.05, 4.69) is 17.4 Å². The van der Waals surface area contributed by atoms with Gasteiger partial charge in [0.25, 0.3) is 0 Å². The Kier molecular flexibility index (Phi) is 5.16. The number of furan rings is 1. The quantitative estimate of drug-likeness (QED) is 0.894. The zero-order valence-electron chi connectivity index (χ0n) is 13.8. The molecule has 0 aliphatic heterocycles. The van der Waals surface area contributed by atoms with Crippen LogP contribution in [0.4, 0.5) is 0 Å². The highest BCUT2D eigenvalue weighted by atomic mass is 35.5. The number of carbonyl (C=O) groups excluding carboxylic acids is 1. The van der Waals surface area contributed by atoms with Crippen molar-refractivity contribution in [3.05, 3.63) is 35.1 Å². The minimum absolute atomic E-state index is 0. The van der Waals surface area contributed by atoms with Crippen LogP contribution in [0.2, 0.25) is 0 Å². The van der Waals surface area contributed by atoms with Crippen molar-refractivity contribution in [2.24, 2.45) is 5.73 Å².